The molecule has 2 amide bonds. The summed E-state index contributed by atoms with van der Waals surface area (Å²) in [6.45, 7) is 1.28. The van der Waals surface area contributed by atoms with Crippen LogP contribution in [-0.4, -0.2) is 50.1 Å². The molecular formula is C19H16N6O3S2. The monoisotopic (exact) mass is 440 g/mol. The molecule has 0 saturated carbocycles. The van der Waals surface area contributed by atoms with Gasteiger partial charge >= 0.3 is 0 Å². The van der Waals surface area contributed by atoms with Crippen LogP contribution in [0, 0.1) is 0 Å². The van der Waals surface area contributed by atoms with Gasteiger partial charge in [0, 0.05) is 41.5 Å². The standard InChI is InChI=1S/C19H16N6O3S2/c26-16(22-19-20-5-8-29-19)15-10-30-17(21-15)11-3-6-25(7-4-11)18(27)12-1-2-13-14(9-12)24-28-23-13/h1-2,5,8-11H,3-4,6-7H2,(H,20,22,26). The van der Waals surface area contributed by atoms with E-state index in [0.717, 1.165) is 17.8 Å². The van der Waals surface area contributed by atoms with E-state index in [2.05, 4.69) is 25.6 Å². The van der Waals surface area contributed by atoms with Crippen LogP contribution in [0.1, 0.15) is 44.6 Å². The maximum absolute atomic E-state index is 12.8. The Labute approximate surface area is 178 Å². The van der Waals surface area contributed by atoms with Gasteiger partial charge in [-0.3, -0.25) is 14.9 Å². The largest absolute Gasteiger partial charge is 0.339 e. The summed E-state index contributed by atoms with van der Waals surface area (Å²) in [4.78, 5) is 35.6. The fraction of sp³-hybridized carbons (Fsp3) is 0.263. The molecule has 1 aliphatic heterocycles. The van der Waals surface area contributed by atoms with Gasteiger partial charge in [0.2, 0.25) is 0 Å². The summed E-state index contributed by atoms with van der Waals surface area (Å²) < 4.78 is 4.69. The van der Waals surface area contributed by atoms with E-state index >= 15 is 0 Å². The second-order valence-corrected chi connectivity index (χ2v) is 8.68. The van der Waals surface area contributed by atoms with Crippen molar-refractivity contribution in [2.75, 3.05) is 18.4 Å². The molecule has 30 heavy (non-hydrogen) atoms. The summed E-state index contributed by atoms with van der Waals surface area (Å²) >= 11 is 2.85. The molecule has 152 valence electrons. The van der Waals surface area contributed by atoms with Crippen molar-refractivity contribution in [3.8, 4) is 0 Å². The molecular weight excluding hydrogens is 424 g/mol. The average Bonchev–Trinajstić information content (AvgIpc) is 3.54. The number of likely N-dealkylation sites (tertiary alicyclic amines) is 1. The number of thiazole rings is 2. The highest BCUT2D eigenvalue weighted by atomic mass is 32.1. The molecule has 0 aliphatic carbocycles. The summed E-state index contributed by atoms with van der Waals surface area (Å²) in [7, 11) is 0. The van der Waals surface area contributed by atoms with E-state index in [1.54, 1.807) is 35.2 Å². The lowest BCUT2D eigenvalue weighted by Gasteiger charge is -2.31. The molecule has 0 unspecified atom stereocenters. The van der Waals surface area contributed by atoms with Crippen molar-refractivity contribution in [3.63, 3.8) is 0 Å². The predicted octanol–water partition coefficient (Wildman–Crippen LogP) is 3.41. The minimum absolute atomic E-state index is 0.0268. The minimum Gasteiger partial charge on any atom is -0.339 e. The first kappa shape index (κ1) is 18.8. The third-order valence-corrected chi connectivity index (χ3v) is 6.74. The van der Waals surface area contributed by atoms with Crippen LogP contribution in [0.3, 0.4) is 0 Å². The number of amides is 2. The second-order valence-electron chi connectivity index (χ2n) is 6.90. The maximum atomic E-state index is 12.8. The summed E-state index contributed by atoms with van der Waals surface area (Å²) in [6, 6.07) is 5.18. The van der Waals surface area contributed by atoms with E-state index in [1.165, 1.54) is 22.7 Å². The fourth-order valence-electron chi connectivity index (χ4n) is 3.45. The number of benzene rings is 1. The van der Waals surface area contributed by atoms with Gasteiger partial charge in [-0.25, -0.2) is 14.6 Å². The second kappa shape index (κ2) is 7.92. The van der Waals surface area contributed by atoms with Gasteiger partial charge < -0.3 is 4.90 Å². The molecule has 9 nitrogen and oxygen atoms in total. The van der Waals surface area contributed by atoms with Crippen LogP contribution in [0.25, 0.3) is 11.0 Å². The Morgan fingerprint density at radius 3 is 2.77 bits per heavy atom. The van der Waals surface area contributed by atoms with Gasteiger partial charge in [-0.2, -0.15) is 0 Å². The number of hydrogen-bond donors (Lipinski definition) is 1. The van der Waals surface area contributed by atoms with Crippen LogP contribution in [0.4, 0.5) is 5.13 Å². The Kier molecular flexibility index (Phi) is 4.97. The number of carbonyl (C=O) groups is 2. The van der Waals surface area contributed by atoms with Gasteiger partial charge in [-0.15, -0.1) is 22.7 Å². The molecule has 0 radical (unpaired) electrons. The molecule has 1 aliphatic rings. The first-order valence-corrected chi connectivity index (χ1v) is 11.1. The van der Waals surface area contributed by atoms with E-state index in [0.29, 0.717) is 40.5 Å². The number of aromatic nitrogens is 4. The number of nitrogens with one attached hydrogen (secondary N) is 1. The van der Waals surface area contributed by atoms with Crippen LogP contribution in [0.5, 0.6) is 0 Å². The maximum Gasteiger partial charge on any atom is 0.276 e. The highest BCUT2D eigenvalue weighted by molar-refractivity contribution is 7.13. The van der Waals surface area contributed by atoms with Crippen LogP contribution < -0.4 is 5.32 Å². The normalized spacial score (nSPS) is 14.9. The first-order chi connectivity index (χ1) is 14.7. The van der Waals surface area contributed by atoms with Crippen molar-refractivity contribution in [1.82, 2.24) is 25.2 Å². The Bertz CT molecular complexity index is 1190. The van der Waals surface area contributed by atoms with Crippen molar-refractivity contribution >= 4 is 50.7 Å². The lowest BCUT2D eigenvalue weighted by molar-refractivity contribution is 0.0713. The summed E-state index contributed by atoms with van der Waals surface area (Å²) in [6.07, 6.45) is 3.25. The quantitative estimate of drug-likeness (QED) is 0.517. The predicted molar refractivity (Wildman–Crippen MR) is 112 cm³/mol. The number of hydrogen-bond acceptors (Lipinski definition) is 9. The van der Waals surface area contributed by atoms with Gasteiger partial charge in [0.1, 0.15) is 16.7 Å². The van der Waals surface area contributed by atoms with Gasteiger partial charge in [0.25, 0.3) is 11.8 Å². The van der Waals surface area contributed by atoms with Crippen molar-refractivity contribution in [2.24, 2.45) is 0 Å². The molecule has 0 spiro atoms. The van der Waals surface area contributed by atoms with Crippen LogP contribution in [-0.2, 0) is 0 Å². The highest BCUT2D eigenvalue weighted by Gasteiger charge is 2.27. The summed E-state index contributed by atoms with van der Waals surface area (Å²) in [5.74, 6) is -0.0403. The number of fused-ring (bicyclic) bond motifs is 1. The van der Waals surface area contributed by atoms with E-state index in [-0.39, 0.29) is 17.7 Å². The molecule has 11 heteroatoms. The van der Waals surface area contributed by atoms with E-state index in [4.69, 9.17) is 4.63 Å². The summed E-state index contributed by atoms with van der Waals surface area (Å²) in [5, 5.41) is 15.4. The zero-order valence-electron chi connectivity index (χ0n) is 15.6. The molecule has 4 aromatic rings. The molecule has 1 saturated heterocycles. The van der Waals surface area contributed by atoms with Crippen LogP contribution >= 0.6 is 22.7 Å². The Morgan fingerprint density at radius 1 is 1.13 bits per heavy atom. The molecule has 5 rings (SSSR count). The van der Waals surface area contributed by atoms with Crippen molar-refractivity contribution in [2.45, 2.75) is 18.8 Å². The summed E-state index contributed by atoms with van der Waals surface area (Å²) in [5.41, 5.74) is 2.18. The van der Waals surface area contributed by atoms with E-state index in [1.807, 2.05) is 4.90 Å². The Morgan fingerprint density at radius 2 is 1.97 bits per heavy atom. The average molecular weight is 441 g/mol. The first-order valence-electron chi connectivity index (χ1n) is 9.35. The smallest absolute Gasteiger partial charge is 0.276 e. The number of piperidine rings is 1. The van der Waals surface area contributed by atoms with E-state index in [9.17, 15) is 9.59 Å². The Balaban J connectivity index is 1.21. The van der Waals surface area contributed by atoms with Gasteiger partial charge in [-0.05, 0) is 41.4 Å². The van der Waals surface area contributed by atoms with Crippen LogP contribution in [0.2, 0.25) is 0 Å². The Hall–Kier alpha value is -3.18. The topological polar surface area (TPSA) is 114 Å². The number of nitrogens with zero attached hydrogens (tertiary/aromatic N) is 5. The van der Waals surface area contributed by atoms with Gasteiger partial charge in [-0.1, -0.05) is 0 Å². The lowest BCUT2D eigenvalue weighted by atomic mass is 9.97. The van der Waals surface area contributed by atoms with Crippen molar-refractivity contribution in [3.05, 3.63) is 51.4 Å². The molecule has 3 aromatic heterocycles. The third kappa shape index (κ3) is 3.68. The van der Waals surface area contributed by atoms with Gasteiger partial charge in [0.15, 0.2) is 5.13 Å². The number of rotatable bonds is 4. The van der Waals surface area contributed by atoms with Crippen molar-refractivity contribution < 1.29 is 14.2 Å². The van der Waals surface area contributed by atoms with Crippen molar-refractivity contribution in [1.29, 1.82) is 0 Å². The number of carbonyl (C=O) groups excluding carboxylic acids is 2. The van der Waals surface area contributed by atoms with Gasteiger partial charge in [0.05, 0.1) is 5.01 Å². The molecule has 1 N–H and O–H groups in total. The molecule has 1 aromatic carbocycles. The van der Waals surface area contributed by atoms with Crippen LogP contribution in [0.15, 0.2) is 39.8 Å². The molecule has 4 heterocycles. The molecule has 1 fully saturated rings. The zero-order chi connectivity index (χ0) is 20.5. The SMILES string of the molecule is O=C(Nc1nccs1)c1csc(C2CCN(C(=O)c3ccc4nonc4c3)CC2)n1. The third-order valence-electron chi connectivity index (χ3n) is 5.04. The minimum atomic E-state index is -0.252. The highest BCUT2D eigenvalue weighted by Crippen LogP contribution is 2.31. The fourth-order valence-corrected chi connectivity index (χ4v) is 4.95. The van der Waals surface area contributed by atoms with E-state index < -0.39 is 0 Å². The molecule has 0 atom stereocenters. The molecule has 0 bridgehead atoms. The lowest BCUT2D eigenvalue weighted by Crippen LogP contribution is -2.37. The number of anilines is 1. The zero-order valence-corrected chi connectivity index (χ0v) is 17.3.